The maximum atomic E-state index is 11.0. The van der Waals surface area contributed by atoms with E-state index in [2.05, 4.69) is 21.5 Å². The van der Waals surface area contributed by atoms with Crippen molar-refractivity contribution in [1.29, 1.82) is 0 Å². The Morgan fingerprint density at radius 2 is 2.06 bits per heavy atom. The minimum Gasteiger partial charge on any atom is -0.489 e. The van der Waals surface area contributed by atoms with Gasteiger partial charge < -0.3 is 19.7 Å². The van der Waals surface area contributed by atoms with E-state index < -0.39 is 5.97 Å². The number of benzene rings is 2. The molecule has 0 bridgehead atoms. The number of fused-ring (bicyclic) bond motifs is 1. The molecule has 9 heteroatoms. The Bertz CT molecular complexity index is 1120. The van der Waals surface area contributed by atoms with Crippen LogP contribution in [0.15, 0.2) is 40.9 Å². The number of aromatic nitrogens is 2. The van der Waals surface area contributed by atoms with E-state index in [0.29, 0.717) is 28.9 Å². The molecule has 0 saturated carbocycles. The maximum Gasteiger partial charge on any atom is 0.303 e. The van der Waals surface area contributed by atoms with Gasteiger partial charge in [0.2, 0.25) is 5.82 Å². The quantitative estimate of drug-likeness (QED) is 0.436. The van der Waals surface area contributed by atoms with Gasteiger partial charge in [-0.2, -0.15) is 4.98 Å². The van der Waals surface area contributed by atoms with Gasteiger partial charge in [-0.25, -0.2) is 0 Å². The van der Waals surface area contributed by atoms with E-state index in [4.69, 9.17) is 26.0 Å². The van der Waals surface area contributed by atoms with Gasteiger partial charge in [-0.05, 0) is 75.0 Å². The molecule has 1 aromatic heterocycles. The van der Waals surface area contributed by atoms with Gasteiger partial charge in [-0.1, -0.05) is 28.9 Å². The monoisotopic (exact) mass is 491 g/mol. The zero-order valence-electron chi connectivity index (χ0n) is 18.5. The van der Waals surface area contributed by atoms with E-state index in [-0.39, 0.29) is 31.0 Å². The lowest BCUT2D eigenvalue weighted by atomic mass is 9.94. The third-order valence-corrected chi connectivity index (χ3v) is 5.70. The van der Waals surface area contributed by atoms with Crippen LogP contribution in [-0.2, 0) is 11.2 Å². The molecule has 0 aliphatic carbocycles. The molecule has 176 valence electrons. The van der Waals surface area contributed by atoms with Gasteiger partial charge in [-0.15, -0.1) is 12.4 Å². The van der Waals surface area contributed by atoms with E-state index in [0.717, 1.165) is 36.1 Å². The Kier molecular flexibility index (Phi) is 8.35. The molecule has 0 amide bonds. The lowest BCUT2D eigenvalue weighted by Gasteiger charge is -2.18. The zero-order valence-corrected chi connectivity index (χ0v) is 20.1. The molecule has 1 aliphatic heterocycles. The number of aryl methyl sites for hydroxylation is 1. The van der Waals surface area contributed by atoms with Gasteiger partial charge in [-0.3, -0.25) is 4.79 Å². The van der Waals surface area contributed by atoms with Crippen LogP contribution in [0.2, 0.25) is 5.02 Å². The molecule has 0 radical (unpaired) electrons. The van der Waals surface area contributed by atoms with Crippen molar-refractivity contribution in [2.45, 2.75) is 51.7 Å². The fourth-order valence-electron chi connectivity index (χ4n) is 3.93. The number of halogens is 2. The average molecular weight is 492 g/mol. The van der Waals surface area contributed by atoms with E-state index in [1.54, 1.807) is 12.1 Å². The molecule has 0 saturated heterocycles. The van der Waals surface area contributed by atoms with Crippen LogP contribution in [-0.4, -0.2) is 33.9 Å². The highest BCUT2D eigenvalue weighted by molar-refractivity contribution is 6.32. The third kappa shape index (κ3) is 6.05. The molecule has 0 fully saturated rings. The number of nitrogens with one attached hydrogen (secondary N) is 1. The number of carboxylic acid groups (broad SMARTS) is 1. The second kappa shape index (κ2) is 11.0. The van der Waals surface area contributed by atoms with Crippen LogP contribution in [0.25, 0.3) is 22.8 Å². The molecule has 2 heterocycles. The van der Waals surface area contributed by atoms with Crippen molar-refractivity contribution < 1.29 is 19.2 Å². The van der Waals surface area contributed by atoms with E-state index in [9.17, 15) is 4.79 Å². The SMILES string of the molecule is CC(C)Oc1ccc(-c2nc(-c3ccc4c(c3)CCCNC4CCC(=O)O)no2)cc1Cl.Cl. The summed E-state index contributed by atoms with van der Waals surface area (Å²) in [5, 5.41) is 17.2. The number of rotatable bonds is 7. The van der Waals surface area contributed by atoms with Crippen molar-refractivity contribution in [2.24, 2.45) is 0 Å². The number of carbonyl (C=O) groups is 1. The molecule has 1 aliphatic rings. The number of aliphatic carboxylic acids is 1. The molecule has 1 unspecified atom stereocenters. The summed E-state index contributed by atoms with van der Waals surface area (Å²) in [7, 11) is 0. The predicted octanol–water partition coefficient (Wildman–Crippen LogP) is 5.71. The maximum absolute atomic E-state index is 11.0. The standard InChI is InChI=1S/C24H26ClN3O4.ClH/c1-14(2)31-21-9-6-17(13-19(21)25)24-27-23(28-32-24)16-5-7-18-15(12-16)4-3-11-26-20(18)8-10-22(29)30;/h5-7,9,12-14,20,26H,3-4,8,10-11H2,1-2H3,(H,29,30);1H. The number of carboxylic acids is 1. The highest BCUT2D eigenvalue weighted by Gasteiger charge is 2.21. The molecular weight excluding hydrogens is 465 g/mol. The van der Waals surface area contributed by atoms with Gasteiger partial charge in [0.25, 0.3) is 5.89 Å². The summed E-state index contributed by atoms with van der Waals surface area (Å²) >= 11 is 6.34. The van der Waals surface area contributed by atoms with Crippen molar-refractivity contribution in [3.8, 4) is 28.6 Å². The highest BCUT2D eigenvalue weighted by atomic mass is 35.5. The summed E-state index contributed by atoms with van der Waals surface area (Å²) in [6.45, 7) is 4.75. The van der Waals surface area contributed by atoms with Gasteiger partial charge in [0.1, 0.15) is 5.75 Å². The van der Waals surface area contributed by atoms with E-state index in [1.807, 2.05) is 32.0 Å². The number of ether oxygens (including phenoxy) is 1. The van der Waals surface area contributed by atoms with Crippen molar-refractivity contribution in [3.05, 3.63) is 52.5 Å². The molecule has 1 atom stereocenters. The molecule has 3 aromatic rings. The average Bonchev–Trinajstić information content (AvgIpc) is 3.16. The van der Waals surface area contributed by atoms with Crippen LogP contribution in [0.5, 0.6) is 5.75 Å². The van der Waals surface area contributed by atoms with Crippen molar-refractivity contribution in [2.75, 3.05) is 6.54 Å². The summed E-state index contributed by atoms with van der Waals surface area (Å²) in [4.78, 5) is 15.6. The fraction of sp³-hybridized carbons (Fsp3) is 0.375. The molecule has 2 aromatic carbocycles. The molecule has 7 nitrogen and oxygen atoms in total. The predicted molar refractivity (Wildman–Crippen MR) is 129 cm³/mol. The van der Waals surface area contributed by atoms with E-state index in [1.165, 1.54) is 5.56 Å². The Hall–Kier alpha value is -2.61. The van der Waals surface area contributed by atoms with Crippen molar-refractivity contribution >= 4 is 30.0 Å². The molecule has 0 spiro atoms. The minimum absolute atomic E-state index is 0. The molecule has 2 N–H and O–H groups in total. The first-order valence-electron chi connectivity index (χ1n) is 10.8. The third-order valence-electron chi connectivity index (χ3n) is 5.40. The Morgan fingerprint density at radius 1 is 1.27 bits per heavy atom. The first kappa shape index (κ1) is 25.0. The summed E-state index contributed by atoms with van der Waals surface area (Å²) in [6.07, 6.45) is 2.63. The molecule has 33 heavy (non-hydrogen) atoms. The van der Waals surface area contributed by atoms with Gasteiger partial charge in [0.05, 0.1) is 11.1 Å². The Balaban J connectivity index is 0.00000306. The number of hydrogen-bond acceptors (Lipinski definition) is 6. The van der Waals surface area contributed by atoms with Crippen LogP contribution in [0.1, 0.15) is 50.3 Å². The van der Waals surface area contributed by atoms with Crippen LogP contribution >= 0.6 is 24.0 Å². The van der Waals surface area contributed by atoms with Crippen LogP contribution in [0, 0.1) is 0 Å². The topological polar surface area (TPSA) is 97.5 Å². The lowest BCUT2D eigenvalue weighted by Crippen LogP contribution is -2.21. The van der Waals surface area contributed by atoms with Gasteiger partial charge in [0, 0.05) is 23.6 Å². The van der Waals surface area contributed by atoms with Crippen LogP contribution in [0.4, 0.5) is 0 Å². The van der Waals surface area contributed by atoms with Crippen LogP contribution < -0.4 is 10.1 Å². The normalized spacial score (nSPS) is 15.5. The smallest absolute Gasteiger partial charge is 0.303 e. The van der Waals surface area contributed by atoms with E-state index >= 15 is 0 Å². The number of nitrogens with zero attached hydrogens (tertiary/aromatic N) is 2. The zero-order chi connectivity index (χ0) is 22.7. The summed E-state index contributed by atoms with van der Waals surface area (Å²) in [5.74, 6) is 0.717. The second-order valence-corrected chi connectivity index (χ2v) is 8.60. The van der Waals surface area contributed by atoms with Crippen LogP contribution in [0.3, 0.4) is 0 Å². The first-order valence-corrected chi connectivity index (χ1v) is 11.2. The Morgan fingerprint density at radius 3 is 2.79 bits per heavy atom. The van der Waals surface area contributed by atoms with Gasteiger partial charge >= 0.3 is 5.97 Å². The minimum atomic E-state index is -0.780. The fourth-order valence-corrected chi connectivity index (χ4v) is 4.16. The largest absolute Gasteiger partial charge is 0.489 e. The summed E-state index contributed by atoms with van der Waals surface area (Å²) < 4.78 is 11.2. The summed E-state index contributed by atoms with van der Waals surface area (Å²) in [5.41, 5.74) is 3.91. The first-order chi connectivity index (χ1) is 15.4. The highest BCUT2D eigenvalue weighted by Crippen LogP contribution is 2.33. The summed E-state index contributed by atoms with van der Waals surface area (Å²) in [6, 6.07) is 11.5. The lowest BCUT2D eigenvalue weighted by molar-refractivity contribution is -0.137. The van der Waals surface area contributed by atoms with Gasteiger partial charge in [0.15, 0.2) is 0 Å². The number of hydrogen-bond donors (Lipinski definition) is 2. The molecule has 4 rings (SSSR count). The second-order valence-electron chi connectivity index (χ2n) is 8.19. The van der Waals surface area contributed by atoms with Crippen molar-refractivity contribution in [1.82, 2.24) is 15.5 Å². The Labute approximate surface area is 203 Å². The van der Waals surface area contributed by atoms with Crippen molar-refractivity contribution in [3.63, 3.8) is 0 Å². The molecular formula is C24H27Cl2N3O4.